The number of carboxylic acid groups (broad SMARTS) is 1. The summed E-state index contributed by atoms with van der Waals surface area (Å²) >= 11 is 1.41. The van der Waals surface area contributed by atoms with Crippen molar-refractivity contribution in [3.63, 3.8) is 0 Å². The Morgan fingerprint density at radius 1 is 0.898 bits per heavy atom. The molecule has 0 bridgehead atoms. The van der Waals surface area contributed by atoms with Gasteiger partial charge < -0.3 is 19.5 Å². The maximum atomic E-state index is 13.9. The number of alkyl halides is 3. The van der Waals surface area contributed by atoms with Crippen molar-refractivity contribution in [2.75, 3.05) is 16.8 Å². The van der Waals surface area contributed by atoms with E-state index < -0.39 is 42.5 Å². The van der Waals surface area contributed by atoms with E-state index >= 15 is 0 Å². The molecule has 1 atom stereocenters. The molecule has 304 valence electrons. The molecule has 14 heteroatoms. The van der Waals surface area contributed by atoms with Crippen molar-refractivity contribution >= 4 is 50.3 Å². The predicted molar refractivity (Wildman–Crippen MR) is 220 cm³/mol. The third-order valence-electron chi connectivity index (χ3n) is 9.92. The highest BCUT2D eigenvalue weighted by molar-refractivity contribution is 7.22. The maximum Gasteiger partial charge on any atom is 0.392 e. The van der Waals surface area contributed by atoms with Crippen LogP contribution in [0.25, 0.3) is 21.3 Å². The molecule has 0 spiro atoms. The fourth-order valence-corrected chi connectivity index (χ4v) is 7.90. The molecule has 1 aliphatic rings. The Labute approximate surface area is 342 Å². The summed E-state index contributed by atoms with van der Waals surface area (Å²) in [5, 5.41) is 12.5. The van der Waals surface area contributed by atoms with Crippen LogP contribution >= 0.6 is 11.3 Å². The van der Waals surface area contributed by atoms with Crippen LogP contribution in [0.3, 0.4) is 0 Å². The zero-order valence-electron chi connectivity index (χ0n) is 32.7. The number of anilines is 2. The summed E-state index contributed by atoms with van der Waals surface area (Å²) in [4.78, 5) is 50.1. The Morgan fingerprint density at radius 2 is 1.64 bits per heavy atom. The van der Waals surface area contributed by atoms with E-state index in [0.717, 1.165) is 21.3 Å². The van der Waals surface area contributed by atoms with Crippen LogP contribution in [0, 0.1) is 12.8 Å². The van der Waals surface area contributed by atoms with Gasteiger partial charge in [-0.15, -0.1) is 0 Å². The smallest absolute Gasteiger partial charge is 0.392 e. The highest BCUT2D eigenvalue weighted by Gasteiger charge is 2.40. The molecule has 7 rings (SSSR count). The first-order valence-corrected chi connectivity index (χ1v) is 19.8. The molecule has 0 aliphatic carbocycles. The lowest BCUT2D eigenvalue weighted by atomic mass is 9.94. The van der Waals surface area contributed by atoms with Crippen LogP contribution in [0.4, 0.5) is 24.1 Å². The van der Waals surface area contributed by atoms with Gasteiger partial charge >= 0.3 is 18.1 Å². The van der Waals surface area contributed by atoms with Crippen LogP contribution in [0.15, 0.2) is 97.1 Å². The first kappa shape index (κ1) is 40.9. The number of halogens is 3. The van der Waals surface area contributed by atoms with E-state index in [0.29, 0.717) is 69.8 Å². The van der Waals surface area contributed by atoms with Crippen molar-refractivity contribution in [1.29, 1.82) is 0 Å². The number of nitrogens with zero attached hydrogens (tertiary/aromatic N) is 3. The van der Waals surface area contributed by atoms with Gasteiger partial charge in [-0.1, -0.05) is 59.9 Å². The minimum atomic E-state index is -4.66. The van der Waals surface area contributed by atoms with Crippen molar-refractivity contribution in [3.05, 3.63) is 131 Å². The number of aromatic nitrogens is 2. The number of nitrogens with one attached hydrogen (secondary N) is 1. The first-order valence-electron chi connectivity index (χ1n) is 18.9. The number of hydrogen-bond acceptors (Lipinski definition) is 9. The molecule has 1 amide bonds. The van der Waals surface area contributed by atoms with E-state index in [-0.39, 0.29) is 11.6 Å². The second-order valence-electron chi connectivity index (χ2n) is 15.3. The highest BCUT2D eigenvalue weighted by atomic mass is 32.1. The number of carboxylic acids is 1. The number of esters is 1. The zero-order chi connectivity index (χ0) is 42.1. The number of ether oxygens (including phenoxy) is 2. The molecule has 0 fully saturated rings. The number of amides is 1. The molecule has 2 N–H and O–H groups in total. The van der Waals surface area contributed by atoms with E-state index in [2.05, 4.69) is 10.3 Å². The molecule has 3 heterocycles. The van der Waals surface area contributed by atoms with Crippen molar-refractivity contribution in [3.8, 4) is 22.6 Å². The Balaban J connectivity index is 1.15. The Bertz CT molecular complexity index is 2520. The van der Waals surface area contributed by atoms with Gasteiger partial charge in [0.15, 0.2) is 10.8 Å². The van der Waals surface area contributed by atoms with E-state index in [1.807, 2.05) is 66.4 Å². The van der Waals surface area contributed by atoms with Gasteiger partial charge in [0, 0.05) is 24.2 Å². The maximum absolute atomic E-state index is 13.9. The van der Waals surface area contributed by atoms with Crippen LogP contribution in [-0.2, 0) is 28.9 Å². The third-order valence-corrected chi connectivity index (χ3v) is 10.9. The molecule has 10 nitrogen and oxygen atoms in total. The Kier molecular flexibility index (Phi) is 11.5. The first-order chi connectivity index (χ1) is 28.0. The number of carbonyl (C=O) groups is 3. The number of thiazole rings is 1. The number of carbonyl (C=O) groups excluding carboxylic acids is 2. The van der Waals surface area contributed by atoms with E-state index in [1.165, 1.54) is 35.6 Å². The second-order valence-corrected chi connectivity index (χ2v) is 16.4. The predicted octanol–water partition coefficient (Wildman–Crippen LogP) is 10.4. The Hall–Kier alpha value is -6.28. The van der Waals surface area contributed by atoms with Crippen LogP contribution in [0.2, 0.25) is 0 Å². The standard InChI is InChI=1S/C45H41F3N4O6S/c1-26-31(10-8-13-36(26)57-30-17-15-27(16-18-30)23-29(24-39(53)54)45(46,47)48)32-19-20-38(50-40(32)42(56)58-44(2,3)4)52-22-21-28-9-7-11-33(34(28)25-52)41(55)51-43-49-35-12-5-6-14-37(35)59-43/h5-20,29H,21-25H2,1-4H3,(H,53,54)(H,49,51,55)/t29-/m1/s1. The van der Waals surface area contributed by atoms with E-state index in [1.54, 1.807) is 39.0 Å². The van der Waals surface area contributed by atoms with E-state index in [9.17, 15) is 27.6 Å². The topological polar surface area (TPSA) is 131 Å². The lowest BCUT2D eigenvalue weighted by Gasteiger charge is -2.31. The fourth-order valence-electron chi connectivity index (χ4n) is 7.04. The second kappa shape index (κ2) is 16.5. The van der Waals surface area contributed by atoms with Gasteiger partial charge in [0.1, 0.15) is 22.9 Å². The molecule has 0 saturated heterocycles. The summed E-state index contributed by atoms with van der Waals surface area (Å²) in [6, 6.07) is 28.4. The number of hydrogen-bond donors (Lipinski definition) is 2. The van der Waals surface area contributed by atoms with Crippen LogP contribution in [-0.4, -0.2) is 51.2 Å². The van der Waals surface area contributed by atoms with Crippen molar-refractivity contribution in [2.24, 2.45) is 5.92 Å². The van der Waals surface area contributed by atoms with E-state index in [4.69, 9.17) is 19.6 Å². The number of rotatable bonds is 11. The fraction of sp³-hybridized carbons (Fsp3) is 0.267. The van der Waals surface area contributed by atoms with Gasteiger partial charge in [-0.3, -0.25) is 14.9 Å². The third kappa shape index (κ3) is 9.55. The molecule has 0 unspecified atom stereocenters. The SMILES string of the molecule is Cc1c(Oc2ccc(C[C@H](CC(=O)O)C(F)(F)F)cc2)cccc1-c1ccc(N2CCc3cccc(C(=O)Nc4nc5ccccc5s4)c3C2)nc1C(=O)OC(C)(C)C. The molecule has 1 aliphatic heterocycles. The normalized spacial score (nSPS) is 13.4. The van der Waals surface area contributed by atoms with Crippen LogP contribution in [0.5, 0.6) is 11.5 Å². The van der Waals surface area contributed by atoms with Gasteiger partial charge in [0.25, 0.3) is 5.91 Å². The average molecular weight is 823 g/mol. The monoisotopic (exact) mass is 822 g/mol. The minimum absolute atomic E-state index is 0.0928. The number of pyridine rings is 1. The summed E-state index contributed by atoms with van der Waals surface area (Å²) in [7, 11) is 0. The summed E-state index contributed by atoms with van der Waals surface area (Å²) in [5.74, 6) is -3.09. The van der Waals surface area contributed by atoms with Crippen molar-refractivity contribution < 1.29 is 42.1 Å². The van der Waals surface area contributed by atoms with Gasteiger partial charge in [0.05, 0.1) is 22.6 Å². The summed E-state index contributed by atoms with van der Waals surface area (Å²) in [6.07, 6.45) is -5.51. The summed E-state index contributed by atoms with van der Waals surface area (Å²) < 4.78 is 53.4. The van der Waals surface area contributed by atoms with Gasteiger partial charge in [-0.05, 0) is 117 Å². The average Bonchev–Trinajstić information content (AvgIpc) is 3.59. The molecule has 0 radical (unpaired) electrons. The quantitative estimate of drug-likeness (QED) is 0.123. The van der Waals surface area contributed by atoms with Crippen molar-refractivity contribution in [2.45, 2.75) is 65.3 Å². The molecule has 2 aromatic heterocycles. The number of aliphatic carboxylic acids is 1. The lowest BCUT2D eigenvalue weighted by Crippen LogP contribution is -2.33. The highest BCUT2D eigenvalue weighted by Crippen LogP contribution is 2.38. The Morgan fingerprint density at radius 3 is 2.36 bits per heavy atom. The van der Waals surface area contributed by atoms with Crippen molar-refractivity contribution in [1.82, 2.24) is 9.97 Å². The molecule has 4 aromatic carbocycles. The number of fused-ring (bicyclic) bond motifs is 2. The summed E-state index contributed by atoms with van der Waals surface area (Å²) in [5.41, 5.74) is 4.67. The molecule has 6 aromatic rings. The number of para-hydroxylation sites is 1. The zero-order valence-corrected chi connectivity index (χ0v) is 33.5. The lowest BCUT2D eigenvalue weighted by molar-refractivity contribution is -0.182. The molecule has 0 saturated carbocycles. The minimum Gasteiger partial charge on any atom is -0.481 e. The van der Waals surface area contributed by atoms with Crippen LogP contribution in [0.1, 0.15) is 70.3 Å². The molecular formula is C45H41F3N4O6S. The van der Waals surface area contributed by atoms with Gasteiger partial charge in [-0.2, -0.15) is 13.2 Å². The van der Waals surface area contributed by atoms with Gasteiger partial charge in [-0.25, -0.2) is 14.8 Å². The molecular weight excluding hydrogens is 782 g/mol. The van der Waals surface area contributed by atoms with Crippen LogP contribution < -0.4 is 15.0 Å². The van der Waals surface area contributed by atoms with Gasteiger partial charge in [0.2, 0.25) is 0 Å². The molecule has 59 heavy (non-hydrogen) atoms. The number of benzene rings is 4. The summed E-state index contributed by atoms with van der Waals surface area (Å²) in [6.45, 7) is 8.12. The largest absolute Gasteiger partial charge is 0.481 e.